The molecule has 15 heteroatoms. The first-order chi connectivity index (χ1) is 28.3. The van der Waals surface area contributed by atoms with Crippen molar-refractivity contribution in [1.29, 1.82) is 0 Å². The van der Waals surface area contributed by atoms with Gasteiger partial charge >= 0.3 is 5.97 Å². The highest BCUT2D eigenvalue weighted by molar-refractivity contribution is 7.15. The highest BCUT2D eigenvalue weighted by atomic mass is 35.5. The zero-order chi connectivity index (χ0) is 41.7. The van der Waals surface area contributed by atoms with Crippen molar-refractivity contribution in [2.24, 2.45) is 10.9 Å². The molecule has 1 atom stereocenters. The van der Waals surface area contributed by atoms with Crippen LogP contribution < -0.4 is 4.90 Å². The first-order valence-corrected chi connectivity index (χ1v) is 20.2. The molecule has 1 N–H and O–H groups in total. The molecule has 0 bridgehead atoms. The van der Waals surface area contributed by atoms with Crippen LogP contribution in [0.25, 0.3) is 5.00 Å². The largest absolute Gasteiger partial charge is 0.478 e. The monoisotopic (exact) mass is 827 g/mol. The Hall–Kier alpha value is -6.43. The SMILES string of the molecule is Cc1sc2c(c1C)C(c1ccc(Cl)cc1)=N[C@@H](CC(=O)N1CCC(C(=O)N(C)c3ccc(C(=O)O)c(C#CCN4C(=O)c5ccccc5C4=O)c3)CC1)c1nnc(C)n1-2. The van der Waals surface area contributed by atoms with Crippen LogP contribution in [0.1, 0.15) is 95.2 Å². The number of thiophene rings is 1. The van der Waals surface area contributed by atoms with Crippen LogP contribution in [-0.4, -0.2) is 91.7 Å². The molecule has 0 unspecified atom stereocenters. The topological polar surface area (TPSA) is 158 Å². The van der Waals surface area contributed by atoms with Crippen molar-refractivity contribution in [3.05, 3.63) is 127 Å². The summed E-state index contributed by atoms with van der Waals surface area (Å²) in [4.78, 5) is 76.1. The summed E-state index contributed by atoms with van der Waals surface area (Å²) >= 11 is 7.90. The number of hydrogen-bond donors (Lipinski definition) is 1. The number of rotatable bonds is 7. The average molecular weight is 828 g/mol. The van der Waals surface area contributed by atoms with Gasteiger partial charge in [0.15, 0.2) is 5.82 Å². The van der Waals surface area contributed by atoms with Crippen LogP contribution >= 0.6 is 22.9 Å². The number of piperidine rings is 1. The lowest BCUT2D eigenvalue weighted by molar-refractivity contribution is -0.135. The molecule has 0 radical (unpaired) electrons. The molecule has 1 saturated heterocycles. The number of aromatic nitrogens is 3. The predicted octanol–water partition coefficient (Wildman–Crippen LogP) is 6.44. The number of hydrogen-bond acceptors (Lipinski definition) is 9. The molecule has 3 aromatic carbocycles. The molecular weight excluding hydrogens is 790 g/mol. The van der Waals surface area contributed by atoms with E-state index in [-0.39, 0.29) is 41.8 Å². The Kier molecular flexibility index (Phi) is 10.5. The standard InChI is InChI=1S/C44H38ClN7O6S/c1-24-25(2)59-43-37(24)38(27-11-13-30(45)14-12-27)46-35(39-48-47-26(3)52(39)43)23-36(53)50-20-17-28(18-21-50)40(54)49(4)31-15-16-32(44(57)58)29(22-31)8-7-19-51-41(55)33-9-5-6-10-34(33)42(51)56/h5-6,9-16,22,28,35H,17-21,23H2,1-4H3,(H,57,58)/t35-/m0/s1. The van der Waals surface area contributed by atoms with Crippen LogP contribution in [0, 0.1) is 38.5 Å². The number of halogens is 1. The molecule has 3 aliphatic heterocycles. The molecule has 59 heavy (non-hydrogen) atoms. The quantitative estimate of drug-likeness (QED) is 0.145. The second-order valence-electron chi connectivity index (χ2n) is 14.7. The first kappa shape index (κ1) is 39.4. The van der Waals surface area contributed by atoms with Gasteiger partial charge in [-0.1, -0.05) is 47.7 Å². The lowest BCUT2D eigenvalue weighted by Gasteiger charge is -2.33. The van der Waals surface area contributed by atoms with E-state index in [9.17, 15) is 29.1 Å². The number of fused-ring (bicyclic) bond motifs is 4. The summed E-state index contributed by atoms with van der Waals surface area (Å²) in [6, 6.07) is 17.9. The Bertz CT molecular complexity index is 2650. The van der Waals surface area contributed by atoms with E-state index in [0.29, 0.717) is 59.4 Å². The van der Waals surface area contributed by atoms with Crippen molar-refractivity contribution in [2.45, 2.75) is 46.1 Å². The number of anilines is 1. The van der Waals surface area contributed by atoms with E-state index in [1.165, 1.54) is 17.0 Å². The predicted molar refractivity (Wildman–Crippen MR) is 223 cm³/mol. The van der Waals surface area contributed by atoms with Crippen molar-refractivity contribution in [1.82, 2.24) is 24.6 Å². The molecule has 2 aromatic heterocycles. The smallest absolute Gasteiger partial charge is 0.336 e. The number of aromatic carboxylic acids is 1. The summed E-state index contributed by atoms with van der Waals surface area (Å²) in [7, 11) is 1.62. The molecule has 3 aliphatic rings. The number of aliphatic imine (C=N–C) groups is 1. The van der Waals surface area contributed by atoms with Gasteiger partial charge in [0.05, 0.1) is 35.4 Å². The van der Waals surface area contributed by atoms with Crippen molar-refractivity contribution in [2.75, 3.05) is 31.6 Å². The Balaban J connectivity index is 0.958. The van der Waals surface area contributed by atoms with Gasteiger partial charge < -0.3 is 14.9 Å². The molecule has 1 fully saturated rings. The van der Waals surface area contributed by atoms with Gasteiger partial charge in [-0.2, -0.15) is 0 Å². The zero-order valence-electron chi connectivity index (χ0n) is 32.7. The van der Waals surface area contributed by atoms with Gasteiger partial charge in [-0.15, -0.1) is 21.5 Å². The lowest BCUT2D eigenvalue weighted by atomic mass is 9.94. The minimum absolute atomic E-state index is 0.0630. The molecule has 13 nitrogen and oxygen atoms in total. The molecule has 0 aliphatic carbocycles. The van der Waals surface area contributed by atoms with Gasteiger partial charge in [0.25, 0.3) is 11.8 Å². The summed E-state index contributed by atoms with van der Waals surface area (Å²) in [6.45, 7) is 6.55. The molecule has 8 rings (SSSR count). The molecule has 4 amide bonds. The zero-order valence-corrected chi connectivity index (χ0v) is 34.2. The van der Waals surface area contributed by atoms with Crippen LogP contribution in [0.2, 0.25) is 5.02 Å². The third-order valence-corrected chi connectivity index (χ3v) is 12.7. The Morgan fingerprint density at radius 1 is 0.949 bits per heavy atom. The molecular formula is C44H38ClN7O6S. The maximum absolute atomic E-state index is 14.0. The van der Waals surface area contributed by atoms with Gasteiger partial charge in [-0.3, -0.25) is 33.6 Å². The Morgan fingerprint density at radius 2 is 1.63 bits per heavy atom. The number of amides is 4. The lowest BCUT2D eigenvalue weighted by Crippen LogP contribution is -2.44. The van der Waals surface area contributed by atoms with Crippen molar-refractivity contribution in [3.8, 4) is 16.8 Å². The number of aryl methyl sites for hydroxylation is 2. The summed E-state index contributed by atoms with van der Waals surface area (Å²) in [5.74, 6) is 4.08. The molecule has 5 aromatic rings. The number of carbonyl (C=O) groups is 5. The van der Waals surface area contributed by atoms with Crippen LogP contribution in [0.3, 0.4) is 0 Å². The summed E-state index contributed by atoms with van der Waals surface area (Å²) < 4.78 is 2.01. The summed E-state index contributed by atoms with van der Waals surface area (Å²) in [6.07, 6.45) is 0.932. The molecule has 5 heterocycles. The number of carbonyl (C=O) groups excluding carboxylic acids is 4. The fourth-order valence-corrected chi connectivity index (χ4v) is 9.17. The highest BCUT2D eigenvalue weighted by Crippen LogP contribution is 2.40. The third kappa shape index (κ3) is 7.21. The van der Waals surface area contributed by atoms with E-state index in [1.807, 2.05) is 35.8 Å². The van der Waals surface area contributed by atoms with E-state index >= 15 is 0 Å². The molecule has 0 spiro atoms. The Labute approximate surface area is 348 Å². The third-order valence-electron chi connectivity index (χ3n) is 11.2. The minimum Gasteiger partial charge on any atom is -0.478 e. The highest BCUT2D eigenvalue weighted by Gasteiger charge is 2.36. The van der Waals surface area contributed by atoms with E-state index < -0.39 is 23.8 Å². The maximum atomic E-state index is 14.0. The number of benzene rings is 3. The summed E-state index contributed by atoms with van der Waals surface area (Å²) in [5.41, 5.74) is 4.81. The van der Waals surface area contributed by atoms with E-state index in [2.05, 4.69) is 35.9 Å². The van der Waals surface area contributed by atoms with Crippen molar-refractivity contribution >= 4 is 63.9 Å². The first-order valence-electron chi connectivity index (χ1n) is 19.1. The fourth-order valence-electron chi connectivity index (χ4n) is 7.83. The number of carboxylic acids is 1. The van der Waals surface area contributed by atoms with Crippen LogP contribution in [0.5, 0.6) is 0 Å². The van der Waals surface area contributed by atoms with Gasteiger partial charge in [0, 0.05) is 58.3 Å². The van der Waals surface area contributed by atoms with Crippen molar-refractivity contribution < 1.29 is 29.1 Å². The number of imide groups is 1. The van der Waals surface area contributed by atoms with Crippen molar-refractivity contribution in [3.63, 3.8) is 0 Å². The van der Waals surface area contributed by atoms with E-state index in [1.54, 1.807) is 53.6 Å². The second kappa shape index (κ2) is 15.7. The number of likely N-dealkylation sites (tertiary alicyclic amines) is 1. The normalized spacial score (nSPS) is 16.1. The van der Waals surface area contributed by atoms with Crippen LogP contribution in [-0.2, 0) is 9.59 Å². The second-order valence-corrected chi connectivity index (χ2v) is 16.4. The fraction of sp³-hybridized carbons (Fsp3) is 0.273. The van der Waals surface area contributed by atoms with Crippen LogP contribution in [0.15, 0.2) is 71.7 Å². The van der Waals surface area contributed by atoms with Gasteiger partial charge in [-0.05, 0) is 81.6 Å². The molecule has 298 valence electrons. The average Bonchev–Trinajstić information content (AvgIpc) is 3.81. The number of nitrogens with zero attached hydrogens (tertiary/aromatic N) is 7. The van der Waals surface area contributed by atoms with Gasteiger partial charge in [0.2, 0.25) is 11.8 Å². The Morgan fingerprint density at radius 3 is 2.29 bits per heavy atom. The summed E-state index contributed by atoms with van der Waals surface area (Å²) in [5, 5.41) is 20.4. The molecule has 0 saturated carbocycles. The van der Waals surface area contributed by atoms with Crippen LogP contribution in [0.4, 0.5) is 5.69 Å². The van der Waals surface area contributed by atoms with E-state index in [0.717, 1.165) is 37.2 Å². The minimum atomic E-state index is -1.21. The van der Waals surface area contributed by atoms with Gasteiger partial charge in [-0.25, -0.2) is 4.79 Å². The van der Waals surface area contributed by atoms with Gasteiger partial charge in [0.1, 0.15) is 16.9 Å². The number of carboxylic acid groups (broad SMARTS) is 1. The maximum Gasteiger partial charge on any atom is 0.336 e. The van der Waals surface area contributed by atoms with E-state index in [4.69, 9.17) is 16.6 Å².